The van der Waals surface area contributed by atoms with Gasteiger partial charge in [0.15, 0.2) is 0 Å². The van der Waals surface area contributed by atoms with E-state index >= 15 is 0 Å². The second-order valence-corrected chi connectivity index (χ2v) is 6.23. The molecule has 1 saturated heterocycles. The van der Waals surface area contributed by atoms with Crippen molar-refractivity contribution in [2.45, 2.75) is 76.8 Å². The highest BCUT2D eigenvalue weighted by Gasteiger charge is 2.38. The van der Waals surface area contributed by atoms with Crippen LogP contribution in [0.5, 0.6) is 0 Å². The van der Waals surface area contributed by atoms with Gasteiger partial charge in [0.2, 0.25) is 0 Å². The van der Waals surface area contributed by atoms with Crippen LogP contribution in [0.3, 0.4) is 0 Å². The zero-order chi connectivity index (χ0) is 12.1. The van der Waals surface area contributed by atoms with E-state index in [1.54, 1.807) is 0 Å². The Bertz CT molecular complexity index is 221. The first kappa shape index (κ1) is 13.4. The van der Waals surface area contributed by atoms with Crippen molar-refractivity contribution in [2.75, 3.05) is 19.6 Å². The molecule has 1 atom stereocenters. The van der Waals surface area contributed by atoms with Crippen LogP contribution in [0.25, 0.3) is 0 Å². The predicted octanol–water partition coefficient (Wildman–Crippen LogP) is 3.17. The van der Waals surface area contributed by atoms with Gasteiger partial charge in [0.05, 0.1) is 0 Å². The summed E-state index contributed by atoms with van der Waals surface area (Å²) in [5, 5.41) is 3.80. The Morgan fingerprint density at radius 2 is 2.00 bits per heavy atom. The highest BCUT2D eigenvalue weighted by molar-refractivity contribution is 4.98. The zero-order valence-corrected chi connectivity index (χ0v) is 11.8. The number of piperazine rings is 1. The molecule has 0 amide bonds. The summed E-state index contributed by atoms with van der Waals surface area (Å²) in [5.74, 6) is 0. The van der Waals surface area contributed by atoms with Crippen LogP contribution in [0, 0.1) is 0 Å². The summed E-state index contributed by atoms with van der Waals surface area (Å²) in [4.78, 5) is 2.75. The average molecular weight is 238 g/mol. The lowest BCUT2D eigenvalue weighted by atomic mass is 9.93. The van der Waals surface area contributed by atoms with E-state index in [1.807, 2.05) is 0 Å². The average Bonchev–Trinajstić information content (AvgIpc) is 2.77. The molecular weight excluding hydrogens is 208 g/mol. The lowest BCUT2D eigenvalue weighted by molar-refractivity contribution is 0.0956. The van der Waals surface area contributed by atoms with E-state index in [2.05, 4.69) is 24.1 Å². The van der Waals surface area contributed by atoms with E-state index in [-0.39, 0.29) is 0 Å². The minimum atomic E-state index is 0.497. The summed E-state index contributed by atoms with van der Waals surface area (Å²) in [6.07, 6.45) is 11.2. The Hall–Kier alpha value is -0.0800. The maximum absolute atomic E-state index is 3.80. The van der Waals surface area contributed by atoms with E-state index in [4.69, 9.17) is 0 Å². The molecule has 2 nitrogen and oxygen atoms in total. The summed E-state index contributed by atoms with van der Waals surface area (Å²) in [6, 6.07) is 0.793. The Labute approximate surface area is 107 Å². The second kappa shape index (κ2) is 6.19. The van der Waals surface area contributed by atoms with Gasteiger partial charge in [-0.2, -0.15) is 0 Å². The largest absolute Gasteiger partial charge is 0.309 e. The molecule has 2 heteroatoms. The third-order valence-electron chi connectivity index (χ3n) is 4.81. The minimum absolute atomic E-state index is 0.497. The SMILES string of the molecule is CCCCCC(C)N1CCNC2(CCCC2)C1. The molecule has 1 spiro atoms. The molecular formula is C15H30N2. The number of hydrogen-bond donors (Lipinski definition) is 1. The molecule has 1 aliphatic heterocycles. The molecule has 1 saturated carbocycles. The van der Waals surface area contributed by atoms with Crippen LogP contribution in [-0.2, 0) is 0 Å². The van der Waals surface area contributed by atoms with Gasteiger partial charge in [0.25, 0.3) is 0 Å². The normalized spacial score (nSPS) is 26.5. The summed E-state index contributed by atoms with van der Waals surface area (Å²) < 4.78 is 0. The Kier molecular flexibility index (Phi) is 4.87. The molecule has 2 rings (SSSR count). The van der Waals surface area contributed by atoms with Crippen LogP contribution in [-0.4, -0.2) is 36.1 Å². The van der Waals surface area contributed by atoms with Crippen LogP contribution in [0.2, 0.25) is 0 Å². The molecule has 1 heterocycles. The van der Waals surface area contributed by atoms with Crippen molar-refractivity contribution in [2.24, 2.45) is 0 Å². The van der Waals surface area contributed by atoms with E-state index < -0.39 is 0 Å². The van der Waals surface area contributed by atoms with Gasteiger partial charge in [0.1, 0.15) is 0 Å². The van der Waals surface area contributed by atoms with E-state index in [1.165, 1.54) is 71.0 Å². The molecule has 2 fully saturated rings. The number of rotatable bonds is 5. The molecule has 0 aromatic heterocycles. The minimum Gasteiger partial charge on any atom is -0.309 e. The predicted molar refractivity (Wildman–Crippen MR) is 74.4 cm³/mol. The van der Waals surface area contributed by atoms with E-state index in [0.29, 0.717) is 5.54 Å². The highest BCUT2D eigenvalue weighted by Crippen LogP contribution is 2.32. The van der Waals surface area contributed by atoms with Gasteiger partial charge in [-0.15, -0.1) is 0 Å². The quantitative estimate of drug-likeness (QED) is 0.740. The number of unbranched alkanes of at least 4 members (excludes halogenated alkanes) is 2. The Balaban J connectivity index is 1.79. The molecule has 0 bridgehead atoms. The standard InChI is InChI=1S/C15H30N2/c1-3-4-5-8-14(2)17-12-11-16-15(13-17)9-6-7-10-15/h14,16H,3-13H2,1-2H3. The monoisotopic (exact) mass is 238 g/mol. The van der Waals surface area contributed by atoms with Gasteiger partial charge in [-0.05, 0) is 26.2 Å². The molecule has 1 N–H and O–H groups in total. The van der Waals surface area contributed by atoms with Gasteiger partial charge in [-0.1, -0.05) is 39.0 Å². The van der Waals surface area contributed by atoms with Gasteiger partial charge in [-0.3, -0.25) is 4.90 Å². The molecule has 1 unspecified atom stereocenters. The topological polar surface area (TPSA) is 15.3 Å². The van der Waals surface area contributed by atoms with Crippen molar-refractivity contribution in [3.8, 4) is 0 Å². The highest BCUT2D eigenvalue weighted by atomic mass is 15.2. The fourth-order valence-corrected chi connectivity index (χ4v) is 3.62. The maximum atomic E-state index is 3.80. The summed E-state index contributed by atoms with van der Waals surface area (Å²) in [7, 11) is 0. The third-order valence-corrected chi connectivity index (χ3v) is 4.81. The van der Waals surface area contributed by atoms with Crippen molar-refractivity contribution in [3.63, 3.8) is 0 Å². The molecule has 17 heavy (non-hydrogen) atoms. The first-order chi connectivity index (χ1) is 8.26. The lowest BCUT2D eigenvalue weighted by Crippen LogP contribution is -2.60. The maximum Gasteiger partial charge on any atom is 0.0309 e. The van der Waals surface area contributed by atoms with Crippen molar-refractivity contribution < 1.29 is 0 Å². The molecule has 1 aliphatic carbocycles. The zero-order valence-electron chi connectivity index (χ0n) is 11.8. The van der Waals surface area contributed by atoms with Gasteiger partial charge < -0.3 is 5.32 Å². The third kappa shape index (κ3) is 3.45. The van der Waals surface area contributed by atoms with Crippen molar-refractivity contribution in [1.82, 2.24) is 10.2 Å². The molecule has 2 aliphatic rings. The smallest absolute Gasteiger partial charge is 0.0309 e. The fourth-order valence-electron chi connectivity index (χ4n) is 3.62. The Morgan fingerprint density at radius 3 is 2.71 bits per heavy atom. The van der Waals surface area contributed by atoms with Crippen molar-refractivity contribution in [1.29, 1.82) is 0 Å². The number of nitrogens with zero attached hydrogens (tertiary/aromatic N) is 1. The molecule has 0 radical (unpaired) electrons. The van der Waals surface area contributed by atoms with Crippen LogP contribution < -0.4 is 5.32 Å². The van der Waals surface area contributed by atoms with E-state index in [9.17, 15) is 0 Å². The Morgan fingerprint density at radius 1 is 1.24 bits per heavy atom. The number of hydrogen-bond acceptors (Lipinski definition) is 2. The van der Waals surface area contributed by atoms with Crippen molar-refractivity contribution >= 4 is 0 Å². The number of nitrogens with one attached hydrogen (secondary N) is 1. The molecule has 100 valence electrons. The van der Waals surface area contributed by atoms with Gasteiger partial charge in [-0.25, -0.2) is 0 Å². The first-order valence-electron chi connectivity index (χ1n) is 7.75. The summed E-state index contributed by atoms with van der Waals surface area (Å²) in [5.41, 5.74) is 0.497. The molecule has 0 aromatic rings. The fraction of sp³-hybridized carbons (Fsp3) is 1.00. The van der Waals surface area contributed by atoms with Crippen molar-refractivity contribution in [3.05, 3.63) is 0 Å². The summed E-state index contributed by atoms with van der Waals surface area (Å²) >= 11 is 0. The van der Waals surface area contributed by atoms with Crippen LogP contribution in [0.4, 0.5) is 0 Å². The molecule has 0 aromatic carbocycles. The van der Waals surface area contributed by atoms with Gasteiger partial charge >= 0.3 is 0 Å². The van der Waals surface area contributed by atoms with Crippen LogP contribution in [0.1, 0.15) is 65.2 Å². The van der Waals surface area contributed by atoms with Crippen LogP contribution >= 0.6 is 0 Å². The second-order valence-electron chi connectivity index (χ2n) is 6.23. The summed E-state index contributed by atoms with van der Waals surface area (Å²) in [6.45, 7) is 8.50. The van der Waals surface area contributed by atoms with Crippen LogP contribution in [0.15, 0.2) is 0 Å². The van der Waals surface area contributed by atoms with Gasteiger partial charge in [0, 0.05) is 31.2 Å². The van der Waals surface area contributed by atoms with E-state index in [0.717, 1.165) is 6.04 Å². The lowest BCUT2D eigenvalue weighted by Gasteiger charge is -2.44. The first-order valence-corrected chi connectivity index (χ1v) is 7.75.